The molecule has 0 atom stereocenters. The van der Waals surface area contributed by atoms with Crippen LogP contribution >= 0.6 is 59.3 Å². The van der Waals surface area contributed by atoms with E-state index in [1.165, 1.54) is 0 Å². The summed E-state index contributed by atoms with van der Waals surface area (Å²) in [4.78, 5) is 0. The third-order valence-electron chi connectivity index (χ3n) is 0. The molecule has 14 heteroatoms. The summed E-state index contributed by atoms with van der Waals surface area (Å²) in [6.45, 7) is 0. The van der Waals surface area contributed by atoms with Crippen molar-refractivity contribution in [2.75, 3.05) is 0 Å². The summed E-state index contributed by atoms with van der Waals surface area (Å²) in [6.07, 6.45) is 0. The molecule has 78 valence electrons. The van der Waals surface area contributed by atoms with Crippen LogP contribution in [-0.2, 0) is 0 Å². The van der Waals surface area contributed by atoms with Gasteiger partial charge in [-0.1, -0.05) is 0 Å². The molecule has 0 aliphatic carbocycles. The maximum atomic E-state index is 6.47. The molecule has 0 rings (SSSR count). The Hall–Kier alpha value is 5.25. The van der Waals surface area contributed by atoms with Crippen LogP contribution in [0.15, 0.2) is 0 Å². The fourth-order valence-corrected chi connectivity index (χ4v) is 0. The van der Waals surface area contributed by atoms with Crippen LogP contribution in [0.2, 0.25) is 0 Å². The maximum absolute atomic E-state index is 6.47. The van der Waals surface area contributed by atoms with E-state index in [-0.39, 0.29) is 118 Å². The van der Waals surface area contributed by atoms with Gasteiger partial charge >= 0.3 is 118 Å². The van der Waals surface area contributed by atoms with E-state index >= 15 is 0 Å². The zero-order valence-corrected chi connectivity index (χ0v) is 7.91. The van der Waals surface area contributed by atoms with E-state index < -0.39 is 0 Å². The van der Waals surface area contributed by atoms with Gasteiger partial charge in [0.15, 0.2) is 0 Å². The predicted octanol–water partition coefficient (Wildman–Crippen LogP) is -1.93. The minimum absolute atomic E-state index is 0. The van der Waals surface area contributed by atoms with E-state index in [0.717, 1.165) is 0 Å². The third-order valence-corrected chi connectivity index (χ3v) is 0. The molecule has 0 aromatic rings. The van der Waals surface area contributed by atoms with Crippen LogP contribution < -0.4 is 0 Å². The molecule has 14 heavy (non-hydrogen) atoms. The molecular weight excluding hydrogens is 349 g/mol. The zero-order valence-electron chi connectivity index (χ0n) is 4.13. The van der Waals surface area contributed by atoms with Crippen LogP contribution in [0.4, 0.5) is 0 Å². The summed E-state index contributed by atoms with van der Waals surface area (Å²) in [5.41, 5.74) is 0. The molecule has 0 unspecified atom stereocenters. The van der Waals surface area contributed by atoms with Crippen molar-refractivity contribution >= 4 is 178 Å². The van der Waals surface area contributed by atoms with Gasteiger partial charge in [0.05, 0.1) is 59.3 Å². The quantitative estimate of drug-likeness (QED) is 0.325. The van der Waals surface area contributed by atoms with Gasteiger partial charge in [-0.25, -0.2) is 0 Å². The molecule has 0 radical (unpaired) electrons. The van der Waals surface area contributed by atoms with Gasteiger partial charge in [-0.3, -0.25) is 23.3 Å². The zero-order chi connectivity index (χ0) is 10.0. The Morgan fingerprint density at radius 3 is 0.286 bits per heavy atom. The van der Waals surface area contributed by atoms with E-state index in [1.54, 1.807) is 0 Å². The van der Waals surface area contributed by atoms with Gasteiger partial charge in [-0.15, -0.1) is 0 Å². The number of hydrogen-bond donors (Lipinski definition) is 5. The second-order valence-electron chi connectivity index (χ2n) is 0. The molecule has 0 saturated carbocycles. The molecule has 0 aliphatic rings. The Morgan fingerprint density at radius 2 is 0.286 bits per heavy atom. The molecule has 5 nitrogen and oxygen atoms in total. The fraction of sp³-hybridized carbons (Fsp3) is 0. The molecule has 0 heterocycles. The van der Waals surface area contributed by atoms with E-state index in [1.807, 2.05) is 0 Å². The van der Waals surface area contributed by atoms with Crippen molar-refractivity contribution in [2.45, 2.75) is 0 Å². The van der Waals surface area contributed by atoms with Crippen LogP contribution in [0.3, 0.4) is 0 Å². The minimum atomic E-state index is 0. The van der Waals surface area contributed by atoms with Gasteiger partial charge in [0.1, 0.15) is 0 Å². The molecule has 0 amide bonds. The average Bonchev–Trinajstić information content (AvgIpc) is 2.20. The molecule has 0 aliphatic heterocycles. The Labute approximate surface area is 196 Å². The molecular formula is H9Cl5Na4O5. The number of hydrogen-bond acceptors (Lipinski definition) is 5. The van der Waals surface area contributed by atoms with Crippen molar-refractivity contribution in [1.29, 1.82) is 0 Å². The van der Waals surface area contributed by atoms with E-state index in [0.29, 0.717) is 0 Å². The Morgan fingerprint density at radius 1 is 0.286 bits per heavy atom. The second-order valence-corrected chi connectivity index (χ2v) is 0. The first-order valence-electron chi connectivity index (χ1n) is 0.845. The van der Waals surface area contributed by atoms with Crippen molar-refractivity contribution in [3.8, 4) is 0 Å². The first-order valence-corrected chi connectivity index (χ1v) is 2.54. The Bertz CT molecular complexity index is 22.1. The summed E-state index contributed by atoms with van der Waals surface area (Å²) in [5, 5.41) is 0. The van der Waals surface area contributed by atoms with E-state index in [9.17, 15) is 0 Å². The average molecular weight is 358 g/mol. The normalized spacial score (nSPS) is 2.14. The topological polar surface area (TPSA) is 101 Å². The summed E-state index contributed by atoms with van der Waals surface area (Å²) >= 11 is 18.2. The number of halogens is 5. The van der Waals surface area contributed by atoms with E-state index in [2.05, 4.69) is 59.3 Å². The van der Waals surface area contributed by atoms with Crippen molar-refractivity contribution in [1.82, 2.24) is 0 Å². The van der Waals surface area contributed by atoms with Crippen molar-refractivity contribution < 1.29 is 23.3 Å². The second kappa shape index (κ2) is 197. The van der Waals surface area contributed by atoms with Gasteiger partial charge in [-0.05, 0) is 0 Å². The molecule has 0 fully saturated rings. The van der Waals surface area contributed by atoms with Gasteiger partial charge in [0.2, 0.25) is 0 Å². The molecule has 5 N–H and O–H groups in total. The van der Waals surface area contributed by atoms with Crippen LogP contribution in [0.1, 0.15) is 0 Å². The van der Waals surface area contributed by atoms with Gasteiger partial charge in [-0.2, -0.15) is 0 Å². The molecule has 0 aromatic carbocycles. The van der Waals surface area contributed by atoms with Crippen molar-refractivity contribution in [3.63, 3.8) is 0 Å². The third kappa shape index (κ3) is 165. The summed E-state index contributed by atoms with van der Waals surface area (Å²) < 4.78 is 32.4. The Kier molecular flexibility index (Phi) is 859. The van der Waals surface area contributed by atoms with Crippen LogP contribution in [0.5, 0.6) is 0 Å². The van der Waals surface area contributed by atoms with Crippen molar-refractivity contribution in [2.24, 2.45) is 0 Å². The molecule has 0 spiro atoms. The SMILES string of the molecule is OCl.OCl.OCl.OCl.OCl.[NaH].[NaH].[NaH].[NaH]. The van der Waals surface area contributed by atoms with Crippen LogP contribution in [0, 0.1) is 0 Å². The van der Waals surface area contributed by atoms with Crippen molar-refractivity contribution in [3.05, 3.63) is 0 Å². The van der Waals surface area contributed by atoms with E-state index in [4.69, 9.17) is 23.3 Å². The number of rotatable bonds is 0. The van der Waals surface area contributed by atoms with Gasteiger partial charge < -0.3 is 0 Å². The molecule has 0 aromatic heterocycles. The monoisotopic (exact) mass is 356 g/mol. The van der Waals surface area contributed by atoms with Crippen LogP contribution in [-0.4, -0.2) is 142 Å². The standard InChI is InChI=1S/5ClHO.4Na.4H/c5*1-2;;;;;;;;/h5*2H;;;;;;;;. The summed E-state index contributed by atoms with van der Waals surface area (Å²) in [6, 6.07) is 0. The first kappa shape index (κ1) is 61.0. The molecule has 0 saturated heterocycles. The van der Waals surface area contributed by atoms with Gasteiger partial charge in [0, 0.05) is 0 Å². The summed E-state index contributed by atoms with van der Waals surface area (Å²) in [5.74, 6) is 0. The first-order chi connectivity index (χ1) is 5.00. The fourth-order valence-electron chi connectivity index (χ4n) is 0. The van der Waals surface area contributed by atoms with Gasteiger partial charge in [0.25, 0.3) is 0 Å². The van der Waals surface area contributed by atoms with Crippen LogP contribution in [0.25, 0.3) is 0 Å². The Balaban J connectivity index is -0.00000000298. The predicted molar refractivity (Wildman–Crippen MR) is 69.0 cm³/mol. The molecule has 0 bridgehead atoms. The summed E-state index contributed by atoms with van der Waals surface area (Å²) in [7, 11) is 0.